The first-order valence-electron chi connectivity index (χ1n) is 46.1. The van der Waals surface area contributed by atoms with Gasteiger partial charge in [-0.2, -0.15) is 0 Å². The minimum absolute atomic E-state index is 0. The Morgan fingerprint density at radius 3 is 1.15 bits per heavy atom. The number of aldehydes is 1. The number of aliphatic hydroxyl groups is 1. The number of aromatic amines is 1. The molecule has 0 aliphatic carbocycles. The number of ether oxygens (including phenoxy) is 11. The summed E-state index contributed by atoms with van der Waals surface area (Å²) >= 11 is 18.0. The van der Waals surface area contributed by atoms with Gasteiger partial charge in [-0.3, -0.25) is 20.0 Å². The number of benzene rings is 6. The topological polar surface area (TPSA) is 354 Å². The number of H-pyrrole nitrogens is 1. The standard InChI is InChI=1S/C19H22BrF2NO3.C19H25BrNO4.C19H24BrNO4.C19H22BrNO4.C19H24BrNO3.C11H10BNO3.ClH/c1-6-25-18(24)16(26-19(3,4)5)14-10(2)9-13-11(15(14)20)7-8-12(23-13)17(21)22;1-7-24-18(22)17(25-19(4,5)6)15-11(2)10-14-13(16(15)20)9-8-12(3)21(14)23;2*1-6-24-18(23)17(25-19(3,4)5)15-11(2)9-14-13(16(15)20)8-7-12(10-22)21-14;1-7-23-18(22)17(24-19(4,5)6)15-11(2)10-14-13(16(15)20)9-8-12(3)21-14;14-12(15)8-1-2-9-10-7(4-6-16-9)3-5-13-11(8)10;/h7-9,16-17H,6H2,1-5H3;8-10,17,23H,7H2,1-6H3;7-9,17,22H,6,10H2,1-5H3;7-10,17H,6H2,1-5H3;8-10,17H,7H2,1-6H3;1-3,5,14-15H,4,6H2;1H/q;+1;;;;;/t16-;4*17-;;/m00000../s1. The Morgan fingerprint density at radius 2 is 0.796 bits per heavy atom. The fourth-order valence-corrected chi connectivity index (χ4v) is 19.6. The number of hydrogen-bond donors (Lipinski definition) is 4. The molecule has 36 heteroatoms. The van der Waals surface area contributed by atoms with Crippen LogP contribution in [0.1, 0.15) is 270 Å². The lowest BCUT2D eigenvalue weighted by Gasteiger charge is -2.28. The summed E-state index contributed by atoms with van der Waals surface area (Å²) in [6.45, 7) is 52.4. The van der Waals surface area contributed by atoms with Gasteiger partial charge in [-0.1, -0.05) is 6.07 Å². The molecular weight excluding hydrogens is 2180 g/mol. The minimum Gasteiger partial charge on any atom is -1.00 e. The second-order valence-corrected chi connectivity index (χ2v) is 42.1. The maximum absolute atomic E-state index is 12.9. The lowest BCUT2D eigenvalue weighted by molar-refractivity contribution is -0.888. The van der Waals surface area contributed by atoms with E-state index in [9.17, 15) is 57.9 Å². The molecule has 5 N–H and O–H groups in total. The molecule has 0 amide bonds. The largest absolute Gasteiger partial charge is 1.00 e. The van der Waals surface area contributed by atoms with Crippen molar-refractivity contribution in [3.05, 3.63) is 227 Å². The van der Waals surface area contributed by atoms with Crippen LogP contribution in [0.5, 0.6) is 5.75 Å². The summed E-state index contributed by atoms with van der Waals surface area (Å²) in [6, 6.07) is 32.3. The highest BCUT2D eigenvalue weighted by molar-refractivity contribution is 9.11. The van der Waals surface area contributed by atoms with E-state index in [1.54, 1.807) is 84.0 Å². The summed E-state index contributed by atoms with van der Waals surface area (Å²) in [5, 5.41) is 43.1. The van der Waals surface area contributed by atoms with Gasteiger partial charge in [-0.05, 0) is 378 Å². The third-order valence-corrected chi connectivity index (χ3v) is 25.4. The highest BCUT2D eigenvalue weighted by Gasteiger charge is 2.40. The number of halogens is 8. The number of nitrogens with zero attached hydrogens (tertiary/aromatic N) is 5. The van der Waals surface area contributed by atoms with Crippen LogP contribution >= 0.6 is 79.6 Å². The van der Waals surface area contributed by atoms with E-state index in [1.807, 2.05) is 212 Å². The van der Waals surface area contributed by atoms with Crippen LogP contribution in [0.3, 0.4) is 0 Å². The normalized spacial score (nSPS) is 13.1. The summed E-state index contributed by atoms with van der Waals surface area (Å²) in [4.78, 5) is 94.0. The molecule has 0 fully saturated rings. The average molecular weight is 2310 g/mol. The molecule has 766 valence electrons. The molecule has 7 heterocycles. The predicted molar refractivity (Wildman–Crippen MR) is 557 cm³/mol. The van der Waals surface area contributed by atoms with Crippen molar-refractivity contribution in [2.45, 2.75) is 265 Å². The van der Waals surface area contributed by atoms with Crippen LogP contribution in [0.4, 0.5) is 8.78 Å². The van der Waals surface area contributed by atoms with Crippen LogP contribution in [-0.2, 0) is 84.4 Å². The van der Waals surface area contributed by atoms with Crippen molar-refractivity contribution in [3.8, 4) is 5.75 Å². The SMILES string of the molecule is CCOC(=O)[C@@H](OC(C)(C)C)c1c(C)cc2c(ccc(C)[n+]2O)c1Br.CCOC(=O)[C@@H](OC(C)(C)C)c1c(C)cc2nc(C(F)F)ccc2c1Br.CCOC(=O)[C@@H](OC(C)(C)C)c1c(C)cc2nc(C)ccc2c1Br.CCOC(=O)[C@@H](OC(C)(C)C)c1c(C)cc2nc(C=O)ccc2c1Br.CCOC(=O)[C@@H](OC(C)(C)C)c1c(C)cc2nc(CO)ccc2c1Br.OB(O)c1ccc2c3c(cc[nH+]c13)CCO2.[Cl-]. The number of hydrogen-bond acceptors (Lipinski definition) is 25. The molecule has 5 atom stereocenters. The van der Waals surface area contributed by atoms with Crippen LogP contribution in [0.15, 0.2) is 138 Å². The number of alkyl halides is 2. The Kier molecular flexibility index (Phi) is 43.5. The first kappa shape index (κ1) is 120. The zero-order valence-corrected chi connectivity index (χ0v) is 93.9. The smallest absolute Gasteiger partial charge is 0.495 e. The van der Waals surface area contributed by atoms with Gasteiger partial charge in [0.1, 0.15) is 17.1 Å². The van der Waals surface area contributed by atoms with Crippen LogP contribution in [0, 0.1) is 48.5 Å². The van der Waals surface area contributed by atoms with Crippen LogP contribution < -0.4 is 32.3 Å². The third kappa shape index (κ3) is 31.4. The molecule has 0 radical (unpaired) electrons. The molecule has 6 aromatic carbocycles. The fourth-order valence-electron chi connectivity index (χ4n) is 15.3. The Labute approximate surface area is 876 Å². The average Bonchev–Trinajstić information content (AvgIpc) is 0.755. The number of esters is 5. The maximum Gasteiger partial charge on any atom is 0.495 e. The van der Waals surface area contributed by atoms with E-state index in [2.05, 4.69) is 105 Å². The van der Waals surface area contributed by atoms with Gasteiger partial charge in [0.2, 0.25) is 11.2 Å². The molecule has 0 saturated carbocycles. The lowest BCUT2D eigenvalue weighted by atomic mass is 9.78. The Hall–Kier alpha value is -9.31. The van der Waals surface area contributed by atoms with E-state index >= 15 is 0 Å². The van der Waals surface area contributed by atoms with Gasteiger partial charge in [0.25, 0.3) is 11.9 Å². The van der Waals surface area contributed by atoms with Crippen molar-refractivity contribution in [1.29, 1.82) is 0 Å². The van der Waals surface area contributed by atoms with Gasteiger partial charge in [0, 0.05) is 114 Å². The first-order chi connectivity index (χ1) is 65.9. The molecule has 12 aromatic rings. The number of nitrogens with one attached hydrogen (secondary N) is 1. The van der Waals surface area contributed by atoms with Gasteiger partial charge < -0.3 is 79.7 Å². The van der Waals surface area contributed by atoms with Gasteiger partial charge >= 0.3 is 37.0 Å². The minimum atomic E-state index is -2.64. The van der Waals surface area contributed by atoms with Crippen molar-refractivity contribution in [3.63, 3.8) is 0 Å². The number of rotatable bonds is 24. The van der Waals surface area contributed by atoms with Crippen LogP contribution in [0.2, 0.25) is 0 Å². The number of carbonyl (C=O) groups is 6. The molecule has 1 aliphatic rings. The molecular formula is C106H128BBr5ClF2N6O21+. The summed E-state index contributed by atoms with van der Waals surface area (Å²) < 4.78 is 92.3. The molecule has 27 nitrogen and oxygen atoms in total. The lowest BCUT2D eigenvalue weighted by Crippen LogP contribution is -3.00. The zero-order chi connectivity index (χ0) is 105. The first-order valence-corrected chi connectivity index (χ1v) is 50.0. The molecule has 0 bridgehead atoms. The Balaban J connectivity index is 0.000000232. The van der Waals surface area contributed by atoms with E-state index < -0.39 is 95.9 Å². The summed E-state index contributed by atoms with van der Waals surface area (Å²) in [7, 11) is -1.47. The van der Waals surface area contributed by atoms with Gasteiger partial charge in [-0.15, -0.1) is 0 Å². The van der Waals surface area contributed by atoms with Crippen LogP contribution in [0.25, 0.3) is 65.4 Å². The summed E-state index contributed by atoms with van der Waals surface area (Å²) in [6.07, 6.45) is -3.54. The Bertz CT molecular complexity index is 6560. The molecule has 1 aliphatic heterocycles. The Morgan fingerprint density at radius 1 is 0.458 bits per heavy atom. The van der Waals surface area contributed by atoms with Crippen molar-refractivity contribution < 1.29 is 132 Å². The summed E-state index contributed by atoms with van der Waals surface area (Å²) in [5.41, 5.74) is 13.2. The number of aromatic nitrogens is 6. The second-order valence-electron chi connectivity index (χ2n) is 38.1. The molecule has 0 spiro atoms. The van der Waals surface area contributed by atoms with Crippen molar-refractivity contribution in [2.24, 2.45) is 0 Å². The van der Waals surface area contributed by atoms with E-state index in [0.29, 0.717) is 89.5 Å². The number of fused-ring (bicyclic) bond motifs is 5. The second kappa shape index (κ2) is 51.6. The van der Waals surface area contributed by atoms with Gasteiger partial charge in [0.05, 0.1) is 118 Å². The number of aryl methyl sites for hydroxylation is 7. The molecule has 13 rings (SSSR count). The highest BCUT2D eigenvalue weighted by Crippen LogP contribution is 2.45. The predicted octanol–water partition coefficient (Wildman–Crippen LogP) is 19.9. The summed E-state index contributed by atoms with van der Waals surface area (Å²) in [5.74, 6) is -1.35. The van der Waals surface area contributed by atoms with E-state index in [1.165, 1.54) is 11.6 Å². The van der Waals surface area contributed by atoms with E-state index in [4.69, 9.17) is 52.1 Å². The molecule has 0 unspecified atom stereocenters. The maximum atomic E-state index is 12.9. The van der Waals surface area contributed by atoms with Crippen molar-refractivity contribution >= 4 is 194 Å². The van der Waals surface area contributed by atoms with Gasteiger partial charge in [-0.25, -0.2) is 47.7 Å². The van der Waals surface area contributed by atoms with E-state index in [-0.39, 0.29) is 57.1 Å². The fraction of sp³-hybridized carbons (Fsp3) is 0.434. The molecule has 0 saturated heterocycles. The quantitative estimate of drug-likeness (QED) is 0.0109. The van der Waals surface area contributed by atoms with Crippen molar-refractivity contribution in [1.82, 2.24) is 19.9 Å². The molecule has 142 heavy (non-hydrogen) atoms. The number of pyridine rings is 6. The monoisotopic (exact) mass is 2300 g/mol. The van der Waals surface area contributed by atoms with E-state index in [0.717, 1.165) is 119 Å². The molecule has 6 aromatic heterocycles. The van der Waals surface area contributed by atoms with Crippen LogP contribution in [-0.4, -0.2) is 151 Å². The zero-order valence-electron chi connectivity index (χ0n) is 85.2. The van der Waals surface area contributed by atoms with Crippen molar-refractivity contribution in [2.75, 3.05) is 39.6 Å². The number of carbonyl (C=O) groups excluding carboxylic acids is 6. The highest BCUT2D eigenvalue weighted by atomic mass is 79.9. The number of aliphatic hydroxyl groups excluding tert-OH is 1. The third-order valence-electron chi connectivity index (χ3n) is 21.1. The van der Waals surface area contributed by atoms with Gasteiger partial charge in [0.15, 0.2) is 43.0 Å².